The number of aromatic nitrogens is 1. The Labute approximate surface area is 205 Å². The second-order valence-electron chi connectivity index (χ2n) is 8.53. The van der Waals surface area contributed by atoms with E-state index in [1.165, 1.54) is 16.9 Å². The van der Waals surface area contributed by atoms with Gasteiger partial charge in [-0.15, -0.1) is 0 Å². The molecule has 4 aromatic rings. The number of rotatable bonds is 8. The number of hydrogen-bond acceptors (Lipinski definition) is 5. The lowest BCUT2D eigenvalue weighted by molar-refractivity contribution is -0.118. The molecule has 1 amide bonds. The third-order valence-electron chi connectivity index (χ3n) is 5.79. The molecule has 0 fully saturated rings. The molecule has 0 N–H and O–H groups in total. The van der Waals surface area contributed by atoms with Gasteiger partial charge in [0, 0.05) is 0 Å². The fourth-order valence-corrected chi connectivity index (χ4v) is 5.77. The number of thiazole rings is 1. The van der Waals surface area contributed by atoms with Crippen molar-refractivity contribution in [2.75, 3.05) is 4.90 Å². The first-order valence-corrected chi connectivity index (χ1v) is 13.7. The maximum Gasteiger partial charge on any atom is 0.233 e. The van der Waals surface area contributed by atoms with Crippen LogP contribution < -0.4 is 4.90 Å². The van der Waals surface area contributed by atoms with E-state index in [1.54, 1.807) is 43.0 Å². The van der Waals surface area contributed by atoms with Crippen LogP contribution in [0.3, 0.4) is 0 Å². The Kier molecular flexibility index (Phi) is 7.14. The number of carbonyl (C=O) groups excluding carboxylic acids is 1. The molecule has 5 nitrogen and oxygen atoms in total. The van der Waals surface area contributed by atoms with Gasteiger partial charge < -0.3 is 0 Å². The summed E-state index contributed by atoms with van der Waals surface area (Å²) in [6.45, 7) is 5.86. The number of hydrogen-bond donors (Lipinski definition) is 0. The van der Waals surface area contributed by atoms with Crippen molar-refractivity contribution in [3.8, 4) is 0 Å². The largest absolute Gasteiger partial charge is 0.283 e. The van der Waals surface area contributed by atoms with Crippen LogP contribution in [0.25, 0.3) is 10.2 Å². The molecule has 0 saturated carbocycles. The van der Waals surface area contributed by atoms with E-state index in [1.807, 2.05) is 36.4 Å². The highest BCUT2D eigenvalue weighted by Gasteiger charge is 2.22. The van der Waals surface area contributed by atoms with Crippen LogP contribution in [0.1, 0.15) is 37.5 Å². The predicted octanol–water partition coefficient (Wildman–Crippen LogP) is 5.82. The van der Waals surface area contributed by atoms with Crippen molar-refractivity contribution in [3.63, 3.8) is 0 Å². The van der Waals surface area contributed by atoms with E-state index >= 15 is 0 Å². The molecule has 4 rings (SSSR count). The van der Waals surface area contributed by atoms with Crippen molar-refractivity contribution < 1.29 is 13.2 Å². The average Bonchev–Trinajstić information content (AvgIpc) is 3.26. The standard InChI is InChI=1S/C27H28N2O3S2/c1-4-20-12-15-24-25(16-20)33-27(28-24)29(18-22-8-6-5-7-9-22)26(30)17-21-10-13-23(14-11-21)34(31,32)19(2)3/h5-16,19H,4,17-18H2,1-3H3. The molecule has 1 heterocycles. The second kappa shape index (κ2) is 10.1. The molecule has 0 spiro atoms. The van der Waals surface area contributed by atoms with E-state index in [2.05, 4.69) is 19.1 Å². The molecule has 0 saturated heterocycles. The molecule has 0 radical (unpaired) electrons. The lowest BCUT2D eigenvalue weighted by Gasteiger charge is -2.20. The Bertz CT molecular complexity index is 1390. The van der Waals surface area contributed by atoms with E-state index < -0.39 is 15.1 Å². The highest BCUT2D eigenvalue weighted by atomic mass is 32.2. The molecule has 3 aromatic carbocycles. The Morgan fingerprint density at radius 2 is 1.62 bits per heavy atom. The van der Waals surface area contributed by atoms with Gasteiger partial charge in [-0.3, -0.25) is 9.69 Å². The van der Waals surface area contributed by atoms with Crippen LogP contribution in [0.15, 0.2) is 77.7 Å². The minimum absolute atomic E-state index is 0.0851. The van der Waals surface area contributed by atoms with Gasteiger partial charge >= 0.3 is 0 Å². The Morgan fingerprint density at radius 3 is 2.26 bits per heavy atom. The summed E-state index contributed by atoms with van der Waals surface area (Å²) in [5.41, 5.74) is 3.90. The lowest BCUT2D eigenvalue weighted by atomic mass is 10.1. The van der Waals surface area contributed by atoms with Gasteiger partial charge in [-0.25, -0.2) is 13.4 Å². The predicted molar refractivity (Wildman–Crippen MR) is 139 cm³/mol. The number of benzene rings is 3. The van der Waals surface area contributed by atoms with Crippen molar-refractivity contribution in [3.05, 3.63) is 89.5 Å². The van der Waals surface area contributed by atoms with Crippen LogP contribution in [-0.2, 0) is 34.0 Å². The minimum atomic E-state index is -3.35. The topological polar surface area (TPSA) is 67.3 Å². The molecule has 176 valence electrons. The summed E-state index contributed by atoms with van der Waals surface area (Å²) < 4.78 is 25.9. The number of nitrogens with zero attached hydrogens (tertiary/aromatic N) is 2. The van der Waals surface area contributed by atoms with Gasteiger partial charge in [0.1, 0.15) is 0 Å². The summed E-state index contributed by atoms with van der Waals surface area (Å²) in [6, 6.07) is 22.7. The summed E-state index contributed by atoms with van der Waals surface area (Å²) in [5.74, 6) is -0.0851. The summed E-state index contributed by atoms with van der Waals surface area (Å²) in [7, 11) is -3.35. The van der Waals surface area contributed by atoms with Gasteiger partial charge in [0.25, 0.3) is 0 Å². The number of aryl methyl sites for hydroxylation is 1. The van der Waals surface area contributed by atoms with Crippen LogP contribution in [0.5, 0.6) is 0 Å². The summed E-state index contributed by atoms with van der Waals surface area (Å²) >= 11 is 1.52. The molecule has 7 heteroatoms. The monoisotopic (exact) mass is 492 g/mol. The van der Waals surface area contributed by atoms with Crippen LogP contribution in [0.4, 0.5) is 5.13 Å². The molecule has 0 aliphatic carbocycles. The highest BCUT2D eigenvalue weighted by molar-refractivity contribution is 7.92. The molecule has 34 heavy (non-hydrogen) atoms. The number of sulfone groups is 1. The van der Waals surface area contributed by atoms with Crippen LogP contribution >= 0.6 is 11.3 Å². The van der Waals surface area contributed by atoms with Crippen molar-refractivity contribution in [2.24, 2.45) is 0 Å². The first-order chi connectivity index (χ1) is 16.3. The highest BCUT2D eigenvalue weighted by Crippen LogP contribution is 2.31. The third kappa shape index (κ3) is 5.21. The Hall–Kier alpha value is -3.03. The van der Waals surface area contributed by atoms with Crippen LogP contribution in [-0.4, -0.2) is 24.6 Å². The fraction of sp³-hybridized carbons (Fsp3) is 0.259. The van der Waals surface area contributed by atoms with Gasteiger partial charge in [0.2, 0.25) is 5.91 Å². The molecule has 0 atom stereocenters. The molecular formula is C27H28N2O3S2. The maximum absolute atomic E-state index is 13.5. The molecule has 0 unspecified atom stereocenters. The third-order valence-corrected chi connectivity index (χ3v) is 9.00. The zero-order valence-electron chi connectivity index (χ0n) is 19.6. The quantitative estimate of drug-likeness (QED) is 0.311. The molecule has 0 bridgehead atoms. The van der Waals surface area contributed by atoms with Gasteiger partial charge in [-0.2, -0.15) is 0 Å². The van der Waals surface area contributed by atoms with E-state index in [9.17, 15) is 13.2 Å². The molecule has 0 aliphatic heterocycles. The Balaban J connectivity index is 1.63. The number of fused-ring (bicyclic) bond motifs is 1. The normalized spacial score (nSPS) is 11.8. The van der Waals surface area contributed by atoms with E-state index in [0.29, 0.717) is 11.7 Å². The van der Waals surface area contributed by atoms with E-state index in [0.717, 1.165) is 27.8 Å². The minimum Gasteiger partial charge on any atom is -0.283 e. The summed E-state index contributed by atoms with van der Waals surface area (Å²) in [4.78, 5) is 20.2. The van der Waals surface area contributed by atoms with Crippen molar-refractivity contribution in [1.82, 2.24) is 4.98 Å². The first kappa shape index (κ1) is 24.1. The average molecular weight is 493 g/mol. The van der Waals surface area contributed by atoms with Gasteiger partial charge in [-0.1, -0.05) is 66.8 Å². The molecule has 0 aliphatic rings. The van der Waals surface area contributed by atoms with Crippen LogP contribution in [0, 0.1) is 0 Å². The second-order valence-corrected chi connectivity index (χ2v) is 12.0. The van der Waals surface area contributed by atoms with E-state index in [4.69, 9.17) is 4.98 Å². The number of anilines is 1. The summed E-state index contributed by atoms with van der Waals surface area (Å²) in [6.07, 6.45) is 1.10. The van der Waals surface area contributed by atoms with Crippen LogP contribution in [0.2, 0.25) is 0 Å². The van der Waals surface area contributed by atoms with Gasteiger partial charge in [-0.05, 0) is 61.2 Å². The smallest absolute Gasteiger partial charge is 0.233 e. The van der Waals surface area contributed by atoms with Crippen molar-refractivity contribution >= 4 is 42.4 Å². The maximum atomic E-state index is 13.5. The summed E-state index contributed by atoms with van der Waals surface area (Å²) in [5, 5.41) is 0.171. The SMILES string of the molecule is CCc1ccc2nc(N(Cc3ccccc3)C(=O)Cc3ccc(S(=O)(=O)C(C)C)cc3)sc2c1. The molecular weight excluding hydrogens is 464 g/mol. The first-order valence-electron chi connectivity index (χ1n) is 11.3. The van der Waals surface area contributed by atoms with Crippen molar-refractivity contribution in [1.29, 1.82) is 0 Å². The van der Waals surface area contributed by atoms with Crippen molar-refractivity contribution in [2.45, 2.75) is 50.3 Å². The zero-order valence-corrected chi connectivity index (χ0v) is 21.2. The lowest BCUT2D eigenvalue weighted by Crippen LogP contribution is -2.31. The Morgan fingerprint density at radius 1 is 0.941 bits per heavy atom. The molecule has 1 aromatic heterocycles. The number of amides is 1. The number of carbonyl (C=O) groups is 1. The fourth-order valence-electron chi connectivity index (χ4n) is 3.66. The van der Waals surface area contributed by atoms with Gasteiger partial charge in [0.15, 0.2) is 15.0 Å². The zero-order chi connectivity index (χ0) is 24.3. The van der Waals surface area contributed by atoms with E-state index in [-0.39, 0.29) is 17.2 Å². The van der Waals surface area contributed by atoms with Gasteiger partial charge in [0.05, 0.1) is 33.3 Å².